The Labute approximate surface area is 194 Å². The maximum Gasteiger partial charge on any atom is 0.278 e. The van der Waals surface area contributed by atoms with Gasteiger partial charge in [0.2, 0.25) is 0 Å². The fourth-order valence-electron chi connectivity index (χ4n) is 4.31. The maximum absolute atomic E-state index is 13.2. The van der Waals surface area contributed by atoms with E-state index in [1.54, 1.807) is 25.3 Å². The summed E-state index contributed by atoms with van der Waals surface area (Å²) in [5.74, 6) is -0.201. The molecule has 4 rings (SSSR count). The van der Waals surface area contributed by atoms with Crippen LogP contribution in [0.2, 0.25) is 0 Å². The van der Waals surface area contributed by atoms with Gasteiger partial charge < -0.3 is 19.9 Å². The molecule has 2 aliphatic rings. The summed E-state index contributed by atoms with van der Waals surface area (Å²) in [6.45, 7) is 11.2. The van der Waals surface area contributed by atoms with Crippen LogP contribution in [-0.4, -0.2) is 68.0 Å². The van der Waals surface area contributed by atoms with E-state index in [0.29, 0.717) is 16.9 Å². The number of carbonyl (C=O) groups excluding carboxylic acids is 2. The second-order valence-electron chi connectivity index (χ2n) is 8.05. The third kappa shape index (κ3) is 4.50. The molecule has 2 amide bonds. The normalized spacial score (nSPS) is 17.0. The van der Waals surface area contributed by atoms with Gasteiger partial charge >= 0.3 is 0 Å². The number of nitrogens with zero attached hydrogens (tertiary/aromatic N) is 3. The molecule has 2 aromatic carbocycles. The summed E-state index contributed by atoms with van der Waals surface area (Å²) in [6, 6.07) is 15.2. The summed E-state index contributed by atoms with van der Waals surface area (Å²) in [5, 5.41) is 3.21. The van der Waals surface area contributed by atoms with Gasteiger partial charge in [-0.25, -0.2) is 0 Å². The highest BCUT2D eigenvalue weighted by Crippen LogP contribution is 2.35. The Balaban J connectivity index is 1.62. The number of imide groups is 1. The molecule has 2 aromatic rings. The van der Waals surface area contributed by atoms with Crippen molar-refractivity contribution in [2.24, 2.45) is 0 Å². The quantitative estimate of drug-likeness (QED) is 0.496. The summed E-state index contributed by atoms with van der Waals surface area (Å²) in [7, 11) is 1.55. The maximum atomic E-state index is 13.2. The van der Waals surface area contributed by atoms with Crippen molar-refractivity contribution in [1.82, 2.24) is 9.80 Å². The first kappa shape index (κ1) is 22.6. The van der Waals surface area contributed by atoms with Gasteiger partial charge in [-0.15, -0.1) is 6.58 Å². The standard InChI is InChI=1S/C26H30N4O3/c1-4-14-30-25(31)23(21-8-6-7-9-22(21)33-3)24(26(30)32)27-19-10-12-20(13-11-19)29-17-15-28(5-2)16-18-29/h4,6-13,27H,1,5,14-18H2,2-3H3. The molecule has 0 aliphatic carbocycles. The molecule has 0 aromatic heterocycles. The fourth-order valence-corrected chi connectivity index (χ4v) is 4.31. The van der Waals surface area contributed by atoms with Gasteiger partial charge in [-0.1, -0.05) is 31.2 Å². The van der Waals surface area contributed by atoms with Crippen molar-refractivity contribution in [3.8, 4) is 5.75 Å². The number of ether oxygens (including phenoxy) is 1. The molecule has 172 valence electrons. The second kappa shape index (κ2) is 9.92. The molecule has 0 atom stereocenters. The zero-order valence-corrected chi connectivity index (χ0v) is 19.2. The Kier molecular flexibility index (Phi) is 6.79. The van der Waals surface area contributed by atoms with Crippen LogP contribution >= 0.6 is 0 Å². The summed E-state index contributed by atoms with van der Waals surface area (Å²) < 4.78 is 5.46. The molecular formula is C26H30N4O3. The lowest BCUT2D eigenvalue weighted by Crippen LogP contribution is -2.46. The minimum absolute atomic E-state index is 0.143. The molecule has 0 unspecified atom stereocenters. The van der Waals surface area contributed by atoms with Crippen LogP contribution in [0.5, 0.6) is 5.75 Å². The molecular weight excluding hydrogens is 416 g/mol. The Morgan fingerprint density at radius 2 is 1.70 bits per heavy atom. The van der Waals surface area contributed by atoms with Gasteiger partial charge in [0.15, 0.2) is 0 Å². The fraction of sp³-hybridized carbons (Fsp3) is 0.308. The van der Waals surface area contributed by atoms with Gasteiger partial charge in [-0.05, 0) is 36.9 Å². The minimum atomic E-state index is -0.374. The van der Waals surface area contributed by atoms with E-state index in [9.17, 15) is 9.59 Å². The van der Waals surface area contributed by atoms with Crippen LogP contribution in [0.4, 0.5) is 11.4 Å². The average Bonchev–Trinajstić information content (AvgIpc) is 3.09. The summed E-state index contributed by atoms with van der Waals surface area (Å²) in [4.78, 5) is 32.3. The summed E-state index contributed by atoms with van der Waals surface area (Å²) >= 11 is 0. The minimum Gasteiger partial charge on any atom is -0.496 e. The number of benzene rings is 2. The Hall–Kier alpha value is -3.58. The summed E-state index contributed by atoms with van der Waals surface area (Å²) in [5.41, 5.74) is 3.03. The highest BCUT2D eigenvalue weighted by atomic mass is 16.5. The van der Waals surface area contributed by atoms with Crippen LogP contribution in [0.25, 0.3) is 5.57 Å². The van der Waals surface area contributed by atoms with Crippen molar-refractivity contribution in [1.29, 1.82) is 0 Å². The molecule has 0 bridgehead atoms. The number of carbonyl (C=O) groups is 2. The van der Waals surface area contributed by atoms with Crippen molar-refractivity contribution >= 4 is 28.8 Å². The molecule has 1 N–H and O–H groups in total. The molecule has 0 spiro atoms. The molecule has 1 saturated heterocycles. The zero-order chi connectivity index (χ0) is 23.4. The number of amides is 2. The van der Waals surface area contributed by atoms with Crippen molar-refractivity contribution in [3.05, 3.63) is 72.4 Å². The Bertz CT molecular complexity index is 1070. The summed E-state index contributed by atoms with van der Waals surface area (Å²) in [6.07, 6.45) is 1.55. The van der Waals surface area contributed by atoms with Crippen LogP contribution in [-0.2, 0) is 9.59 Å². The molecule has 7 heteroatoms. The van der Waals surface area contributed by atoms with E-state index in [0.717, 1.165) is 44.1 Å². The van der Waals surface area contributed by atoms with Crippen LogP contribution < -0.4 is 15.0 Å². The van der Waals surface area contributed by atoms with E-state index >= 15 is 0 Å². The van der Waals surface area contributed by atoms with Gasteiger partial charge in [0.1, 0.15) is 11.4 Å². The number of hydrogen-bond acceptors (Lipinski definition) is 6. The lowest BCUT2D eigenvalue weighted by atomic mass is 10.0. The highest BCUT2D eigenvalue weighted by Gasteiger charge is 2.39. The first-order valence-electron chi connectivity index (χ1n) is 11.3. The number of likely N-dealkylation sites (N-methyl/N-ethyl adjacent to an activating group) is 1. The van der Waals surface area contributed by atoms with Crippen LogP contribution in [0, 0.1) is 0 Å². The number of para-hydroxylation sites is 1. The topological polar surface area (TPSA) is 65.1 Å². The van der Waals surface area contributed by atoms with Gasteiger partial charge in [0.05, 0.1) is 12.7 Å². The van der Waals surface area contributed by atoms with Crippen LogP contribution in [0.3, 0.4) is 0 Å². The van der Waals surface area contributed by atoms with E-state index in [2.05, 4.69) is 40.8 Å². The molecule has 1 fully saturated rings. The van der Waals surface area contributed by atoms with E-state index < -0.39 is 0 Å². The van der Waals surface area contributed by atoms with Crippen molar-refractivity contribution in [2.45, 2.75) is 6.92 Å². The monoisotopic (exact) mass is 446 g/mol. The van der Waals surface area contributed by atoms with Crippen molar-refractivity contribution < 1.29 is 14.3 Å². The van der Waals surface area contributed by atoms with Gasteiger partial charge in [-0.3, -0.25) is 14.5 Å². The molecule has 33 heavy (non-hydrogen) atoms. The smallest absolute Gasteiger partial charge is 0.278 e. The average molecular weight is 447 g/mol. The van der Waals surface area contributed by atoms with Crippen molar-refractivity contribution in [3.63, 3.8) is 0 Å². The predicted molar refractivity (Wildman–Crippen MR) is 131 cm³/mol. The molecule has 0 saturated carbocycles. The highest BCUT2D eigenvalue weighted by molar-refractivity contribution is 6.37. The van der Waals surface area contributed by atoms with E-state index in [4.69, 9.17) is 4.74 Å². The van der Waals surface area contributed by atoms with Gasteiger partial charge in [-0.2, -0.15) is 0 Å². The molecule has 7 nitrogen and oxygen atoms in total. The van der Waals surface area contributed by atoms with E-state index in [1.807, 2.05) is 24.3 Å². The van der Waals surface area contributed by atoms with E-state index in [-0.39, 0.29) is 24.1 Å². The first-order valence-corrected chi connectivity index (χ1v) is 11.3. The predicted octanol–water partition coefficient (Wildman–Crippen LogP) is 3.22. The third-order valence-electron chi connectivity index (χ3n) is 6.18. The molecule has 2 heterocycles. The van der Waals surface area contributed by atoms with Gasteiger partial charge in [0, 0.05) is 49.7 Å². The first-order chi connectivity index (χ1) is 16.1. The molecule has 0 radical (unpaired) electrons. The van der Waals surface area contributed by atoms with Crippen LogP contribution in [0.1, 0.15) is 12.5 Å². The number of rotatable bonds is 8. The largest absolute Gasteiger partial charge is 0.496 e. The second-order valence-corrected chi connectivity index (χ2v) is 8.05. The number of piperazine rings is 1. The van der Waals surface area contributed by atoms with Crippen molar-refractivity contribution in [2.75, 3.05) is 56.6 Å². The van der Waals surface area contributed by atoms with Gasteiger partial charge in [0.25, 0.3) is 11.8 Å². The van der Waals surface area contributed by atoms with E-state index in [1.165, 1.54) is 4.90 Å². The van der Waals surface area contributed by atoms with Crippen LogP contribution in [0.15, 0.2) is 66.9 Å². The molecule has 2 aliphatic heterocycles. The number of nitrogens with one attached hydrogen (secondary N) is 1. The Morgan fingerprint density at radius 1 is 1.00 bits per heavy atom. The Morgan fingerprint density at radius 3 is 2.33 bits per heavy atom. The lowest BCUT2D eigenvalue weighted by molar-refractivity contribution is -0.136. The number of methoxy groups -OCH3 is 1. The zero-order valence-electron chi connectivity index (χ0n) is 19.2. The lowest BCUT2D eigenvalue weighted by Gasteiger charge is -2.35. The SMILES string of the molecule is C=CCN1C(=O)C(Nc2ccc(N3CCN(CC)CC3)cc2)=C(c2ccccc2OC)C1=O. The third-order valence-corrected chi connectivity index (χ3v) is 6.18. The number of hydrogen-bond donors (Lipinski definition) is 1. The number of anilines is 2.